The van der Waals surface area contributed by atoms with E-state index in [1.54, 1.807) is 6.26 Å². The van der Waals surface area contributed by atoms with Gasteiger partial charge in [-0.05, 0) is 19.8 Å². The third kappa shape index (κ3) is 2.80. The van der Waals surface area contributed by atoms with Crippen molar-refractivity contribution in [3.63, 3.8) is 0 Å². The van der Waals surface area contributed by atoms with Gasteiger partial charge in [0.15, 0.2) is 0 Å². The summed E-state index contributed by atoms with van der Waals surface area (Å²) in [5.74, 6) is 0.787. The van der Waals surface area contributed by atoms with Crippen molar-refractivity contribution in [2.75, 3.05) is 18.6 Å². The molecule has 0 spiro atoms. The minimum absolute atomic E-state index is 0.402. The summed E-state index contributed by atoms with van der Waals surface area (Å²) < 4.78 is 10.6. The molecule has 1 N–H and O–H groups in total. The highest BCUT2D eigenvalue weighted by Gasteiger charge is 2.35. The molecule has 2 nitrogen and oxygen atoms in total. The number of nitrogens with one attached hydrogen (secondary N) is 1. The first-order valence-corrected chi connectivity index (χ1v) is 5.40. The summed E-state index contributed by atoms with van der Waals surface area (Å²) in [6.45, 7) is 3.12. The Morgan fingerprint density at radius 2 is 2.20 bits per heavy atom. The fourth-order valence-corrected chi connectivity index (χ4v) is 1.25. The molecule has 1 unspecified atom stereocenters. The zero-order valence-electron chi connectivity index (χ0n) is 6.64. The lowest BCUT2D eigenvalue weighted by molar-refractivity contribution is 0.559. The Hall–Kier alpha value is 0.110. The van der Waals surface area contributed by atoms with Gasteiger partial charge in [-0.25, -0.2) is 0 Å². The second-order valence-electron chi connectivity index (χ2n) is 3.26. The molecule has 0 saturated heterocycles. The molecular weight excluding hydrogens is 146 g/mol. The van der Waals surface area contributed by atoms with E-state index in [4.69, 9.17) is 0 Å². The van der Waals surface area contributed by atoms with Crippen LogP contribution in [0.25, 0.3) is 0 Å². The molecule has 1 fully saturated rings. The van der Waals surface area contributed by atoms with Crippen molar-refractivity contribution >= 4 is 10.8 Å². The van der Waals surface area contributed by atoms with Crippen molar-refractivity contribution in [1.29, 1.82) is 0 Å². The Labute approximate surface area is 64.8 Å². The van der Waals surface area contributed by atoms with Gasteiger partial charge in [-0.15, -0.1) is 0 Å². The lowest BCUT2D eigenvalue weighted by Gasteiger charge is -2.08. The van der Waals surface area contributed by atoms with Crippen LogP contribution in [0.4, 0.5) is 0 Å². The molecule has 1 rings (SSSR count). The zero-order valence-corrected chi connectivity index (χ0v) is 7.46. The quantitative estimate of drug-likeness (QED) is 0.651. The maximum absolute atomic E-state index is 10.6. The van der Waals surface area contributed by atoms with Gasteiger partial charge in [0.2, 0.25) is 0 Å². The first kappa shape index (κ1) is 8.21. The molecule has 0 heterocycles. The largest absolute Gasteiger partial charge is 0.311 e. The van der Waals surface area contributed by atoms with Crippen molar-refractivity contribution in [2.45, 2.75) is 25.3 Å². The van der Waals surface area contributed by atoms with Gasteiger partial charge < -0.3 is 5.32 Å². The van der Waals surface area contributed by atoms with E-state index in [9.17, 15) is 4.21 Å². The van der Waals surface area contributed by atoms with Gasteiger partial charge in [0.25, 0.3) is 0 Å². The molecule has 60 valence electrons. The van der Waals surface area contributed by atoms with Crippen molar-refractivity contribution in [3.8, 4) is 0 Å². The lowest BCUT2D eigenvalue weighted by Crippen LogP contribution is -2.31. The molecule has 0 aromatic carbocycles. The van der Waals surface area contributed by atoms with Gasteiger partial charge >= 0.3 is 0 Å². The molecule has 1 saturated carbocycles. The minimum Gasteiger partial charge on any atom is -0.311 e. The lowest BCUT2D eigenvalue weighted by atomic mass is 10.3. The number of rotatable bonds is 4. The van der Waals surface area contributed by atoms with E-state index >= 15 is 0 Å². The van der Waals surface area contributed by atoms with Crippen molar-refractivity contribution in [2.24, 2.45) is 0 Å². The van der Waals surface area contributed by atoms with Gasteiger partial charge in [-0.3, -0.25) is 4.21 Å². The topological polar surface area (TPSA) is 29.1 Å². The van der Waals surface area contributed by atoms with Crippen LogP contribution in [0, 0.1) is 0 Å². The van der Waals surface area contributed by atoms with Crippen LogP contribution in [0.1, 0.15) is 19.8 Å². The normalized spacial score (nSPS) is 24.2. The molecule has 0 aromatic rings. The highest BCUT2D eigenvalue weighted by molar-refractivity contribution is 7.84. The number of hydrogen-bond donors (Lipinski definition) is 1. The Bertz CT molecular complexity index is 143. The van der Waals surface area contributed by atoms with Gasteiger partial charge in [0, 0.05) is 34.9 Å². The predicted molar refractivity (Wildman–Crippen MR) is 44.6 cm³/mol. The highest BCUT2D eigenvalue weighted by atomic mass is 32.2. The molecule has 0 aliphatic heterocycles. The summed E-state index contributed by atoms with van der Waals surface area (Å²) in [4.78, 5) is 0. The van der Waals surface area contributed by atoms with E-state index in [-0.39, 0.29) is 0 Å². The van der Waals surface area contributed by atoms with Crippen LogP contribution >= 0.6 is 0 Å². The Balaban J connectivity index is 2.00. The van der Waals surface area contributed by atoms with Crippen molar-refractivity contribution in [1.82, 2.24) is 5.32 Å². The summed E-state index contributed by atoms with van der Waals surface area (Å²) >= 11 is 0. The third-order valence-electron chi connectivity index (χ3n) is 1.94. The second kappa shape index (κ2) is 3.01. The highest BCUT2D eigenvalue weighted by Crippen LogP contribution is 2.33. The molecular formula is C7H15NOS. The van der Waals surface area contributed by atoms with E-state index in [0.29, 0.717) is 5.54 Å². The number of hydrogen-bond acceptors (Lipinski definition) is 2. The summed E-state index contributed by atoms with van der Waals surface area (Å²) in [6.07, 6.45) is 4.31. The standard InChI is InChI=1S/C7H15NOS/c1-7(3-4-7)8-5-6-10(2)9/h8H,3-6H2,1-2H3. The molecule has 10 heavy (non-hydrogen) atoms. The smallest absolute Gasteiger partial charge is 0.0357 e. The molecule has 0 amide bonds. The molecule has 1 aliphatic rings. The van der Waals surface area contributed by atoms with Crippen LogP contribution in [0.15, 0.2) is 0 Å². The van der Waals surface area contributed by atoms with E-state index in [2.05, 4.69) is 12.2 Å². The van der Waals surface area contributed by atoms with Gasteiger partial charge in [0.1, 0.15) is 0 Å². The Morgan fingerprint density at radius 3 is 2.60 bits per heavy atom. The summed E-state index contributed by atoms with van der Waals surface area (Å²) in [7, 11) is -0.635. The second-order valence-corrected chi connectivity index (χ2v) is 4.82. The molecule has 1 aliphatic carbocycles. The summed E-state index contributed by atoms with van der Waals surface area (Å²) in [5.41, 5.74) is 0.402. The first-order chi connectivity index (χ1) is 4.62. The van der Waals surface area contributed by atoms with Crippen LogP contribution in [0.2, 0.25) is 0 Å². The molecule has 0 aromatic heterocycles. The van der Waals surface area contributed by atoms with E-state index < -0.39 is 10.8 Å². The fraction of sp³-hybridized carbons (Fsp3) is 1.00. The first-order valence-electron chi connectivity index (χ1n) is 3.67. The van der Waals surface area contributed by atoms with Gasteiger partial charge in [-0.1, -0.05) is 0 Å². The monoisotopic (exact) mass is 161 g/mol. The average molecular weight is 161 g/mol. The molecule has 1 atom stereocenters. The SMILES string of the molecule is CS(=O)CCNC1(C)CC1. The van der Waals surface area contributed by atoms with Gasteiger partial charge in [-0.2, -0.15) is 0 Å². The van der Waals surface area contributed by atoms with Crippen LogP contribution in [-0.4, -0.2) is 28.3 Å². The average Bonchev–Trinajstić information content (AvgIpc) is 2.47. The maximum Gasteiger partial charge on any atom is 0.0357 e. The molecule has 3 heteroatoms. The summed E-state index contributed by atoms with van der Waals surface area (Å²) in [5, 5.41) is 3.37. The van der Waals surface area contributed by atoms with E-state index in [0.717, 1.165) is 12.3 Å². The fourth-order valence-electron chi connectivity index (χ4n) is 0.861. The van der Waals surface area contributed by atoms with Crippen LogP contribution in [0.3, 0.4) is 0 Å². The Kier molecular flexibility index (Phi) is 2.47. The van der Waals surface area contributed by atoms with Crippen LogP contribution in [0.5, 0.6) is 0 Å². The molecule has 0 radical (unpaired) electrons. The molecule has 0 bridgehead atoms. The summed E-state index contributed by atoms with van der Waals surface area (Å²) in [6, 6.07) is 0. The minimum atomic E-state index is -0.635. The predicted octanol–water partition coefficient (Wildman–Crippen LogP) is 0.507. The maximum atomic E-state index is 10.6. The van der Waals surface area contributed by atoms with Crippen LogP contribution < -0.4 is 5.32 Å². The van der Waals surface area contributed by atoms with Gasteiger partial charge in [0.05, 0.1) is 0 Å². The third-order valence-corrected chi connectivity index (χ3v) is 2.72. The Morgan fingerprint density at radius 1 is 1.60 bits per heavy atom. The zero-order chi connectivity index (χ0) is 7.61. The van der Waals surface area contributed by atoms with Crippen molar-refractivity contribution < 1.29 is 4.21 Å². The van der Waals surface area contributed by atoms with E-state index in [1.807, 2.05) is 0 Å². The van der Waals surface area contributed by atoms with Crippen LogP contribution in [-0.2, 0) is 10.8 Å². The van der Waals surface area contributed by atoms with E-state index in [1.165, 1.54) is 12.8 Å². The van der Waals surface area contributed by atoms with Crippen molar-refractivity contribution in [3.05, 3.63) is 0 Å².